The number of likely N-dealkylation sites (N-methyl/N-ethyl adjacent to an activating group) is 1. The van der Waals surface area contributed by atoms with E-state index in [4.69, 9.17) is 4.74 Å². The molecule has 0 radical (unpaired) electrons. The van der Waals surface area contributed by atoms with E-state index in [1.165, 1.54) is 12.8 Å². The molecule has 3 nitrogen and oxygen atoms in total. The minimum Gasteiger partial charge on any atom is -0.497 e. The van der Waals surface area contributed by atoms with E-state index >= 15 is 0 Å². The number of rotatable bonds is 6. The molecular formula is C15H23NO2. The lowest BCUT2D eigenvalue weighted by Crippen LogP contribution is -2.35. The fourth-order valence-corrected chi connectivity index (χ4v) is 2.19. The molecule has 0 heterocycles. The van der Waals surface area contributed by atoms with Gasteiger partial charge in [0.1, 0.15) is 5.75 Å². The SMILES string of the molecule is COc1ccc(C(O)C(C)N(C)CC2CC2)cc1. The fraction of sp³-hybridized carbons (Fsp3) is 0.600. The van der Waals surface area contributed by atoms with Crippen molar-refractivity contribution in [2.75, 3.05) is 20.7 Å². The highest BCUT2D eigenvalue weighted by atomic mass is 16.5. The topological polar surface area (TPSA) is 32.7 Å². The van der Waals surface area contributed by atoms with Gasteiger partial charge in [-0.25, -0.2) is 0 Å². The number of ether oxygens (including phenoxy) is 1. The zero-order valence-corrected chi connectivity index (χ0v) is 11.5. The molecule has 1 aliphatic carbocycles. The summed E-state index contributed by atoms with van der Waals surface area (Å²) in [5.41, 5.74) is 0.950. The number of benzene rings is 1. The largest absolute Gasteiger partial charge is 0.497 e. The molecule has 0 aromatic heterocycles. The van der Waals surface area contributed by atoms with Crippen molar-refractivity contribution < 1.29 is 9.84 Å². The molecule has 2 atom stereocenters. The van der Waals surface area contributed by atoms with Gasteiger partial charge in [0.2, 0.25) is 0 Å². The van der Waals surface area contributed by atoms with Crippen molar-refractivity contribution in [2.45, 2.75) is 31.9 Å². The smallest absolute Gasteiger partial charge is 0.118 e. The van der Waals surface area contributed by atoms with Gasteiger partial charge in [-0.05, 0) is 50.4 Å². The Morgan fingerprint density at radius 1 is 1.33 bits per heavy atom. The van der Waals surface area contributed by atoms with Gasteiger partial charge < -0.3 is 14.7 Å². The summed E-state index contributed by atoms with van der Waals surface area (Å²) in [5, 5.41) is 10.4. The Morgan fingerprint density at radius 3 is 2.44 bits per heavy atom. The summed E-state index contributed by atoms with van der Waals surface area (Å²) in [4.78, 5) is 2.26. The summed E-state index contributed by atoms with van der Waals surface area (Å²) in [7, 11) is 3.74. The maximum Gasteiger partial charge on any atom is 0.118 e. The summed E-state index contributed by atoms with van der Waals surface area (Å²) in [6.45, 7) is 3.17. The number of hydrogen-bond donors (Lipinski definition) is 1. The normalized spacial score (nSPS) is 18.7. The molecular weight excluding hydrogens is 226 g/mol. The number of methoxy groups -OCH3 is 1. The Kier molecular flexibility index (Phi) is 4.25. The van der Waals surface area contributed by atoms with Crippen LogP contribution >= 0.6 is 0 Å². The Hall–Kier alpha value is -1.06. The molecule has 1 fully saturated rings. The third-order valence-corrected chi connectivity index (χ3v) is 3.85. The van der Waals surface area contributed by atoms with E-state index < -0.39 is 6.10 Å². The number of aliphatic hydroxyl groups is 1. The molecule has 18 heavy (non-hydrogen) atoms. The van der Waals surface area contributed by atoms with Crippen LogP contribution in [0.4, 0.5) is 0 Å². The van der Waals surface area contributed by atoms with Crippen LogP contribution in [0, 0.1) is 5.92 Å². The zero-order chi connectivity index (χ0) is 13.1. The molecule has 1 aromatic carbocycles. The van der Waals surface area contributed by atoms with Gasteiger partial charge in [-0.1, -0.05) is 12.1 Å². The summed E-state index contributed by atoms with van der Waals surface area (Å²) < 4.78 is 5.13. The summed E-state index contributed by atoms with van der Waals surface area (Å²) >= 11 is 0. The van der Waals surface area contributed by atoms with Crippen LogP contribution in [0.2, 0.25) is 0 Å². The molecule has 0 spiro atoms. The average molecular weight is 249 g/mol. The van der Waals surface area contributed by atoms with E-state index in [0.29, 0.717) is 0 Å². The highest BCUT2D eigenvalue weighted by Crippen LogP contribution is 2.31. The molecule has 0 saturated heterocycles. The predicted molar refractivity (Wildman–Crippen MR) is 72.8 cm³/mol. The Morgan fingerprint density at radius 2 is 1.94 bits per heavy atom. The van der Waals surface area contributed by atoms with Crippen LogP contribution in [0.25, 0.3) is 0 Å². The number of aliphatic hydroxyl groups excluding tert-OH is 1. The van der Waals surface area contributed by atoms with Crippen LogP contribution in [0.3, 0.4) is 0 Å². The van der Waals surface area contributed by atoms with Gasteiger partial charge in [0.25, 0.3) is 0 Å². The van der Waals surface area contributed by atoms with Gasteiger partial charge in [0.15, 0.2) is 0 Å². The summed E-state index contributed by atoms with van der Waals surface area (Å²) in [6.07, 6.45) is 2.24. The zero-order valence-electron chi connectivity index (χ0n) is 11.5. The number of hydrogen-bond acceptors (Lipinski definition) is 3. The first kappa shape index (κ1) is 13.4. The monoisotopic (exact) mass is 249 g/mol. The standard InChI is InChI=1S/C15H23NO2/c1-11(16(2)10-12-4-5-12)15(17)13-6-8-14(18-3)9-7-13/h6-9,11-12,15,17H,4-5,10H2,1-3H3. The van der Waals surface area contributed by atoms with Gasteiger partial charge in [-0.15, -0.1) is 0 Å². The van der Waals surface area contributed by atoms with Crippen molar-refractivity contribution in [2.24, 2.45) is 5.92 Å². The average Bonchev–Trinajstić information content (AvgIpc) is 3.21. The first-order valence-electron chi connectivity index (χ1n) is 6.64. The van der Waals surface area contributed by atoms with Crippen LogP contribution in [-0.2, 0) is 0 Å². The van der Waals surface area contributed by atoms with E-state index in [1.54, 1.807) is 7.11 Å². The predicted octanol–water partition coefficient (Wildman–Crippen LogP) is 2.46. The van der Waals surface area contributed by atoms with Crippen molar-refractivity contribution in [3.8, 4) is 5.75 Å². The third kappa shape index (κ3) is 3.24. The van der Waals surface area contributed by atoms with E-state index in [-0.39, 0.29) is 6.04 Å². The van der Waals surface area contributed by atoms with Crippen LogP contribution in [-0.4, -0.2) is 36.8 Å². The molecule has 1 saturated carbocycles. The lowest BCUT2D eigenvalue weighted by Gasteiger charge is -2.29. The van der Waals surface area contributed by atoms with Gasteiger partial charge in [0.05, 0.1) is 13.2 Å². The highest BCUT2D eigenvalue weighted by molar-refractivity contribution is 5.29. The minimum atomic E-state index is -0.445. The Labute approximate surface area is 109 Å². The first-order chi connectivity index (χ1) is 8.61. The Balaban J connectivity index is 1.96. The van der Waals surface area contributed by atoms with Crippen LogP contribution < -0.4 is 4.74 Å². The molecule has 1 aromatic rings. The summed E-state index contributed by atoms with van der Waals surface area (Å²) in [5.74, 6) is 1.67. The molecule has 1 N–H and O–H groups in total. The van der Waals surface area contributed by atoms with Crippen LogP contribution in [0.15, 0.2) is 24.3 Å². The van der Waals surface area contributed by atoms with Gasteiger partial charge in [-0.3, -0.25) is 0 Å². The van der Waals surface area contributed by atoms with Crippen molar-refractivity contribution in [1.29, 1.82) is 0 Å². The van der Waals surface area contributed by atoms with Gasteiger partial charge >= 0.3 is 0 Å². The maximum absolute atomic E-state index is 10.4. The fourth-order valence-electron chi connectivity index (χ4n) is 2.19. The highest BCUT2D eigenvalue weighted by Gasteiger charge is 2.27. The van der Waals surface area contributed by atoms with E-state index in [0.717, 1.165) is 23.8 Å². The van der Waals surface area contributed by atoms with E-state index in [2.05, 4.69) is 18.9 Å². The summed E-state index contributed by atoms with van der Waals surface area (Å²) in [6, 6.07) is 7.80. The molecule has 100 valence electrons. The van der Waals surface area contributed by atoms with Crippen molar-refractivity contribution in [1.82, 2.24) is 4.90 Å². The second-order valence-corrected chi connectivity index (χ2v) is 5.34. The van der Waals surface area contributed by atoms with E-state index in [1.807, 2.05) is 24.3 Å². The number of nitrogens with zero attached hydrogens (tertiary/aromatic N) is 1. The molecule has 0 amide bonds. The molecule has 2 rings (SSSR count). The molecule has 1 aliphatic rings. The second kappa shape index (κ2) is 5.72. The molecule has 0 bridgehead atoms. The first-order valence-corrected chi connectivity index (χ1v) is 6.64. The Bertz CT molecular complexity index is 373. The molecule has 0 aliphatic heterocycles. The lowest BCUT2D eigenvalue weighted by atomic mass is 10.0. The minimum absolute atomic E-state index is 0.138. The van der Waals surface area contributed by atoms with Crippen LogP contribution in [0.5, 0.6) is 5.75 Å². The van der Waals surface area contributed by atoms with Crippen molar-refractivity contribution in [3.05, 3.63) is 29.8 Å². The van der Waals surface area contributed by atoms with Gasteiger partial charge in [-0.2, -0.15) is 0 Å². The molecule has 3 heteroatoms. The van der Waals surface area contributed by atoms with Crippen LogP contribution in [0.1, 0.15) is 31.4 Å². The lowest BCUT2D eigenvalue weighted by molar-refractivity contribution is 0.0702. The second-order valence-electron chi connectivity index (χ2n) is 5.34. The van der Waals surface area contributed by atoms with Gasteiger partial charge in [0, 0.05) is 12.6 Å². The van der Waals surface area contributed by atoms with Crippen molar-refractivity contribution in [3.63, 3.8) is 0 Å². The molecule has 2 unspecified atom stereocenters. The third-order valence-electron chi connectivity index (χ3n) is 3.85. The maximum atomic E-state index is 10.4. The van der Waals surface area contributed by atoms with Crippen molar-refractivity contribution >= 4 is 0 Å². The van der Waals surface area contributed by atoms with E-state index in [9.17, 15) is 5.11 Å². The quantitative estimate of drug-likeness (QED) is 0.840.